The Morgan fingerprint density at radius 1 is 0.278 bits per heavy atom. The molecule has 2 aliphatic rings. The van der Waals surface area contributed by atoms with Crippen LogP contribution in [0.3, 0.4) is 0 Å². The second-order valence-electron chi connectivity index (χ2n) is 21.1. The molecule has 0 atom stereocenters. The Hall–Kier alpha value is -10.2. The summed E-state index contributed by atoms with van der Waals surface area (Å²) in [7, 11) is 0. The quantitative estimate of drug-likeness (QED) is 0.140. The number of hydrogen-bond acceptors (Lipinski definition) is 1. The lowest BCUT2D eigenvalue weighted by Crippen LogP contribution is -2.29. The van der Waals surface area contributed by atoms with Gasteiger partial charge in [0.05, 0.1) is 27.4 Å². The van der Waals surface area contributed by atoms with Gasteiger partial charge in [-0.1, -0.05) is 231 Å². The molecule has 16 rings (SSSR count). The van der Waals surface area contributed by atoms with Crippen molar-refractivity contribution in [1.82, 2.24) is 9.13 Å². The standard InChI is InChI=1S/C76H51N3/c1-7-23-53(24-8-1)75(54-25-9-2-10-26-54)68-37-21-19-35-62(68)64-44-40-60(50-70(64)75)78(61-41-45-65-63-36-20-22-38-69(63)76(71(65)51-61,55-27-11-3-12-28-55)56-29-13-4-14-30-56)59-42-46-72-67(49-59)66-43-39-52-47-48-77(57-31-15-5-16-32-57)73(52)74(66)79(72)58-33-17-6-18-34-58/h1-51H. The van der Waals surface area contributed by atoms with Gasteiger partial charge in [0, 0.05) is 50.8 Å². The van der Waals surface area contributed by atoms with Crippen LogP contribution in [0.1, 0.15) is 44.5 Å². The lowest BCUT2D eigenvalue weighted by atomic mass is 9.67. The Kier molecular flexibility index (Phi) is 10.1. The van der Waals surface area contributed by atoms with Gasteiger partial charge in [0.1, 0.15) is 0 Å². The Labute approximate surface area is 459 Å². The summed E-state index contributed by atoms with van der Waals surface area (Å²) in [5.41, 5.74) is 22.9. The van der Waals surface area contributed by atoms with Gasteiger partial charge in [-0.2, -0.15) is 0 Å². The monoisotopic (exact) mass is 1010 g/mol. The fraction of sp³-hybridized carbons (Fsp3) is 0.0263. The number of nitrogens with zero attached hydrogens (tertiary/aromatic N) is 3. The summed E-state index contributed by atoms with van der Waals surface area (Å²) in [5.74, 6) is 0. The molecule has 2 heterocycles. The maximum Gasteiger partial charge on any atom is 0.0788 e. The molecule has 0 bridgehead atoms. The highest BCUT2D eigenvalue weighted by molar-refractivity contribution is 6.19. The van der Waals surface area contributed by atoms with Crippen LogP contribution in [0.15, 0.2) is 310 Å². The highest BCUT2D eigenvalue weighted by Gasteiger charge is 2.48. The van der Waals surface area contributed by atoms with Crippen LogP contribution in [0.4, 0.5) is 17.1 Å². The molecular weight excluding hydrogens is 955 g/mol. The maximum absolute atomic E-state index is 2.53. The van der Waals surface area contributed by atoms with Crippen LogP contribution < -0.4 is 4.90 Å². The molecule has 14 aromatic rings. The summed E-state index contributed by atoms with van der Waals surface area (Å²) in [6.45, 7) is 0. The lowest BCUT2D eigenvalue weighted by Gasteiger charge is -2.36. The zero-order valence-corrected chi connectivity index (χ0v) is 43.3. The van der Waals surface area contributed by atoms with Crippen molar-refractivity contribution < 1.29 is 0 Å². The van der Waals surface area contributed by atoms with E-state index in [4.69, 9.17) is 0 Å². The SMILES string of the molecule is c1ccc(-n2ccc3ccc4c5cc(N(c6ccc7c(c6)C(c6ccccc6)(c6ccccc6)c6ccccc6-7)c6ccc7c(c6)C(c6ccccc6)(c6ccccc6)c6ccccc6-7)ccc5n(-c5ccccc5)c4c32)cc1. The van der Waals surface area contributed by atoms with E-state index < -0.39 is 10.8 Å². The van der Waals surface area contributed by atoms with Gasteiger partial charge in [-0.05, 0) is 140 Å². The van der Waals surface area contributed by atoms with E-state index >= 15 is 0 Å². The van der Waals surface area contributed by atoms with E-state index in [2.05, 4.69) is 324 Å². The number of anilines is 3. The molecule has 0 amide bonds. The molecular formula is C76H51N3. The molecule has 0 saturated carbocycles. The lowest BCUT2D eigenvalue weighted by molar-refractivity contribution is 0.767. The zero-order valence-electron chi connectivity index (χ0n) is 43.3. The highest BCUT2D eigenvalue weighted by atomic mass is 15.1. The second-order valence-corrected chi connectivity index (χ2v) is 21.1. The van der Waals surface area contributed by atoms with Gasteiger partial charge in [-0.3, -0.25) is 0 Å². The van der Waals surface area contributed by atoms with Crippen molar-refractivity contribution in [1.29, 1.82) is 0 Å². The first-order chi connectivity index (χ1) is 39.2. The van der Waals surface area contributed by atoms with E-state index in [0.717, 1.165) is 34.0 Å². The molecule has 0 radical (unpaired) electrons. The van der Waals surface area contributed by atoms with Crippen LogP contribution in [0.2, 0.25) is 0 Å². The predicted molar refractivity (Wildman–Crippen MR) is 327 cm³/mol. The molecule has 0 aliphatic heterocycles. The molecule has 370 valence electrons. The smallest absolute Gasteiger partial charge is 0.0788 e. The van der Waals surface area contributed by atoms with Crippen molar-refractivity contribution in [2.75, 3.05) is 4.90 Å². The first-order valence-corrected chi connectivity index (χ1v) is 27.4. The normalized spacial score (nSPS) is 13.5. The Balaban J connectivity index is 1.00. The zero-order chi connectivity index (χ0) is 52.1. The molecule has 0 saturated heterocycles. The topological polar surface area (TPSA) is 13.1 Å². The van der Waals surface area contributed by atoms with Gasteiger partial charge in [0.2, 0.25) is 0 Å². The summed E-state index contributed by atoms with van der Waals surface area (Å²) in [6.07, 6.45) is 2.22. The van der Waals surface area contributed by atoms with Crippen LogP contribution in [0.25, 0.3) is 66.3 Å². The Bertz CT molecular complexity index is 4370. The highest BCUT2D eigenvalue weighted by Crippen LogP contribution is 2.60. The summed E-state index contributed by atoms with van der Waals surface area (Å²) in [6, 6.07) is 113. The Morgan fingerprint density at radius 2 is 0.684 bits per heavy atom. The Morgan fingerprint density at radius 3 is 1.18 bits per heavy atom. The van der Waals surface area contributed by atoms with Gasteiger partial charge in [0.15, 0.2) is 0 Å². The van der Waals surface area contributed by atoms with Gasteiger partial charge in [-0.25, -0.2) is 0 Å². The van der Waals surface area contributed by atoms with Crippen LogP contribution in [-0.4, -0.2) is 9.13 Å². The van der Waals surface area contributed by atoms with Crippen molar-refractivity contribution in [3.8, 4) is 33.6 Å². The predicted octanol–water partition coefficient (Wildman–Crippen LogP) is 18.9. The van der Waals surface area contributed by atoms with Gasteiger partial charge >= 0.3 is 0 Å². The molecule has 3 nitrogen and oxygen atoms in total. The van der Waals surface area contributed by atoms with E-state index in [1.807, 2.05) is 0 Å². The van der Waals surface area contributed by atoms with Crippen molar-refractivity contribution in [2.24, 2.45) is 0 Å². The van der Waals surface area contributed by atoms with Crippen LogP contribution in [0.5, 0.6) is 0 Å². The molecule has 3 heteroatoms. The molecule has 2 aliphatic carbocycles. The molecule has 12 aromatic carbocycles. The number of aromatic nitrogens is 2. The third kappa shape index (κ3) is 6.48. The fourth-order valence-electron chi connectivity index (χ4n) is 14.1. The van der Waals surface area contributed by atoms with E-state index in [1.165, 1.54) is 94.0 Å². The minimum atomic E-state index is -0.586. The second kappa shape index (κ2) is 17.7. The minimum absolute atomic E-state index is 0.586. The molecule has 0 fully saturated rings. The van der Waals surface area contributed by atoms with E-state index in [1.54, 1.807) is 0 Å². The van der Waals surface area contributed by atoms with Crippen molar-refractivity contribution in [3.63, 3.8) is 0 Å². The number of rotatable bonds is 9. The van der Waals surface area contributed by atoms with Crippen LogP contribution in [-0.2, 0) is 10.8 Å². The third-order valence-corrected chi connectivity index (χ3v) is 17.3. The first-order valence-electron chi connectivity index (χ1n) is 27.4. The number of para-hydroxylation sites is 2. The molecule has 0 N–H and O–H groups in total. The molecule has 79 heavy (non-hydrogen) atoms. The fourth-order valence-corrected chi connectivity index (χ4v) is 14.1. The first kappa shape index (κ1) is 45.0. The average Bonchev–Trinajstić information content (AvgIpc) is 4.48. The molecule has 0 spiro atoms. The van der Waals surface area contributed by atoms with Gasteiger partial charge in [0.25, 0.3) is 0 Å². The summed E-state index contributed by atoms with van der Waals surface area (Å²) >= 11 is 0. The van der Waals surface area contributed by atoms with E-state index in [9.17, 15) is 0 Å². The summed E-state index contributed by atoms with van der Waals surface area (Å²) < 4.78 is 4.83. The van der Waals surface area contributed by atoms with Gasteiger partial charge < -0.3 is 14.0 Å². The van der Waals surface area contributed by atoms with Crippen LogP contribution in [0, 0.1) is 0 Å². The number of fused-ring (bicyclic) bond motifs is 11. The van der Waals surface area contributed by atoms with E-state index in [-0.39, 0.29) is 0 Å². The largest absolute Gasteiger partial charge is 0.315 e. The average molecular weight is 1010 g/mol. The molecule has 2 aromatic heterocycles. The molecule has 0 unspecified atom stereocenters. The van der Waals surface area contributed by atoms with Crippen LogP contribution >= 0.6 is 0 Å². The van der Waals surface area contributed by atoms with Crippen molar-refractivity contribution in [2.45, 2.75) is 10.8 Å². The number of hydrogen-bond donors (Lipinski definition) is 0. The summed E-state index contributed by atoms with van der Waals surface area (Å²) in [5, 5.41) is 3.56. The third-order valence-electron chi connectivity index (χ3n) is 17.3. The maximum atomic E-state index is 2.53. The van der Waals surface area contributed by atoms with Gasteiger partial charge in [-0.15, -0.1) is 0 Å². The number of benzene rings is 12. The van der Waals surface area contributed by atoms with Crippen molar-refractivity contribution >= 4 is 49.8 Å². The minimum Gasteiger partial charge on any atom is -0.315 e. The van der Waals surface area contributed by atoms with E-state index in [0.29, 0.717) is 0 Å². The summed E-state index contributed by atoms with van der Waals surface area (Å²) in [4.78, 5) is 2.53. The van der Waals surface area contributed by atoms with Crippen molar-refractivity contribution in [3.05, 3.63) is 354 Å².